The summed E-state index contributed by atoms with van der Waals surface area (Å²) < 4.78 is 11.6. The highest BCUT2D eigenvalue weighted by molar-refractivity contribution is 5.96. The van der Waals surface area contributed by atoms with Crippen LogP contribution in [-0.2, 0) is 16.1 Å². The van der Waals surface area contributed by atoms with E-state index in [0.29, 0.717) is 33.5 Å². The number of esters is 1. The second-order valence-electron chi connectivity index (χ2n) is 6.99. The number of aryl methyl sites for hydroxylation is 1. The predicted octanol–water partition coefficient (Wildman–Crippen LogP) is 3.18. The molecular formula is C23H20N4O5. The lowest BCUT2D eigenvalue weighted by atomic mass is 10.1. The number of carbonyl (C=O) groups is 2. The number of ether oxygens (including phenoxy) is 1. The molecule has 2 aromatic carbocycles. The Balaban J connectivity index is 1.59. The van der Waals surface area contributed by atoms with Crippen molar-refractivity contribution in [2.75, 3.05) is 11.9 Å². The minimum atomic E-state index is -0.431. The molecule has 0 saturated heterocycles. The molecule has 0 aliphatic heterocycles. The topological polar surface area (TPSA) is 116 Å². The Morgan fingerprint density at radius 1 is 1.12 bits per heavy atom. The minimum Gasteiger partial charge on any atom is -0.462 e. The van der Waals surface area contributed by atoms with Crippen LogP contribution < -0.4 is 10.9 Å². The van der Waals surface area contributed by atoms with Gasteiger partial charge in [0.05, 0.1) is 23.3 Å². The number of nitrogens with one attached hydrogen (secondary N) is 1. The van der Waals surface area contributed by atoms with Gasteiger partial charge in [-0.25, -0.2) is 4.79 Å². The van der Waals surface area contributed by atoms with Gasteiger partial charge in [-0.15, -0.1) is 0 Å². The van der Waals surface area contributed by atoms with Gasteiger partial charge in [0.2, 0.25) is 5.91 Å². The SMILES string of the molecule is CCOC(=O)c1ccc(NC(=O)Cn2c(=O)cc(-c3nc(C)no3)c3ccccc32)cc1. The molecule has 0 unspecified atom stereocenters. The first-order chi connectivity index (χ1) is 15.5. The number of anilines is 1. The van der Waals surface area contributed by atoms with Gasteiger partial charge in [0.25, 0.3) is 11.4 Å². The van der Waals surface area contributed by atoms with Crippen LogP contribution in [0.2, 0.25) is 0 Å². The molecule has 0 aliphatic rings. The van der Waals surface area contributed by atoms with Crippen molar-refractivity contribution in [2.24, 2.45) is 0 Å². The summed E-state index contributed by atoms with van der Waals surface area (Å²) in [5, 5.41) is 7.24. The number of pyridine rings is 1. The maximum atomic E-state index is 12.8. The van der Waals surface area contributed by atoms with Crippen molar-refractivity contribution in [3.8, 4) is 11.5 Å². The van der Waals surface area contributed by atoms with Gasteiger partial charge in [-0.1, -0.05) is 23.4 Å². The maximum absolute atomic E-state index is 12.8. The first-order valence-electron chi connectivity index (χ1n) is 9.96. The molecule has 0 saturated carbocycles. The normalized spacial score (nSPS) is 10.8. The number of fused-ring (bicyclic) bond motifs is 1. The van der Waals surface area contributed by atoms with Gasteiger partial charge in [-0.3, -0.25) is 14.2 Å². The Labute approximate surface area is 182 Å². The molecule has 0 bridgehead atoms. The molecule has 0 spiro atoms. The van der Waals surface area contributed by atoms with Crippen LogP contribution in [0.4, 0.5) is 5.69 Å². The average Bonchev–Trinajstić information content (AvgIpc) is 3.22. The van der Waals surface area contributed by atoms with Crippen LogP contribution in [-0.4, -0.2) is 33.2 Å². The Morgan fingerprint density at radius 3 is 2.56 bits per heavy atom. The summed E-state index contributed by atoms with van der Waals surface area (Å²) in [7, 11) is 0. The van der Waals surface area contributed by atoms with Gasteiger partial charge >= 0.3 is 5.97 Å². The van der Waals surface area contributed by atoms with Gasteiger partial charge in [0.15, 0.2) is 5.82 Å². The summed E-state index contributed by atoms with van der Waals surface area (Å²) in [6.07, 6.45) is 0. The Morgan fingerprint density at radius 2 is 1.88 bits per heavy atom. The Kier molecular flexibility index (Phi) is 5.80. The number of nitrogens with zero attached hydrogens (tertiary/aromatic N) is 3. The van der Waals surface area contributed by atoms with E-state index < -0.39 is 5.97 Å². The van der Waals surface area contributed by atoms with Crippen LogP contribution in [0, 0.1) is 6.92 Å². The predicted molar refractivity (Wildman–Crippen MR) is 117 cm³/mol. The third-order valence-corrected chi connectivity index (χ3v) is 4.76. The zero-order chi connectivity index (χ0) is 22.7. The number of para-hydroxylation sites is 1. The molecule has 2 heterocycles. The molecule has 32 heavy (non-hydrogen) atoms. The van der Waals surface area contributed by atoms with Crippen molar-refractivity contribution in [3.05, 3.63) is 76.3 Å². The van der Waals surface area contributed by atoms with Crippen molar-refractivity contribution in [1.82, 2.24) is 14.7 Å². The third kappa shape index (κ3) is 4.27. The number of amides is 1. The zero-order valence-corrected chi connectivity index (χ0v) is 17.5. The number of carbonyl (C=O) groups excluding carboxylic acids is 2. The molecule has 9 nitrogen and oxygen atoms in total. The van der Waals surface area contributed by atoms with E-state index in [1.54, 1.807) is 50.2 Å². The molecular weight excluding hydrogens is 412 g/mol. The molecule has 4 aromatic rings. The highest BCUT2D eigenvalue weighted by atomic mass is 16.5. The van der Waals surface area contributed by atoms with E-state index in [0.717, 1.165) is 0 Å². The number of hydrogen-bond donors (Lipinski definition) is 1. The summed E-state index contributed by atoms with van der Waals surface area (Å²) >= 11 is 0. The van der Waals surface area contributed by atoms with Crippen LogP contribution in [0.25, 0.3) is 22.4 Å². The summed E-state index contributed by atoms with van der Waals surface area (Å²) in [5.74, 6) is -0.113. The first-order valence-corrected chi connectivity index (χ1v) is 9.96. The lowest BCUT2D eigenvalue weighted by molar-refractivity contribution is -0.116. The molecule has 2 aromatic heterocycles. The van der Waals surface area contributed by atoms with Crippen LogP contribution in [0.5, 0.6) is 0 Å². The summed E-state index contributed by atoms with van der Waals surface area (Å²) in [4.78, 5) is 41.5. The quantitative estimate of drug-likeness (QED) is 0.465. The number of aromatic nitrogens is 3. The summed E-state index contributed by atoms with van der Waals surface area (Å²) in [5.41, 5.74) is 1.59. The zero-order valence-electron chi connectivity index (χ0n) is 17.5. The maximum Gasteiger partial charge on any atom is 0.338 e. The molecule has 1 N–H and O–H groups in total. The monoisotopic (exact) mass is 432 g/mol. The molecule has 1 amide bonds. The second kappa shape index (κ2) is 8.84. The lowest BCUT2D eigenvalue weighted by Crippen LogP contribution is -2.27. The van der Waals surface area contributed by atoms with Crippen molar-refractivity contribution < 1.29 is 18.8 Å². The van der Waals surface area contributed by atoms with Gasteiger partial charge in [-0.2, -0.15) is 4.98 Å². The molecule has 0 atom stereocenters. The van der Waals surface area contributed by atoms with Crippen molar-refractivity contribution in [1.29, 1.82) is 0 Å². The van der Waals surface area contributed by atoms with Crippen LogP contribution in [0.3, 0.4) is 0 Å². The van der Waals surface area contributed by atoms with Gasteiger partial charge in [-0.05, 0) is 44.2 Å². The minimum absolute atomic E-state index is 0.192. The standard InChI is InChI=1S/C23H20N4O5/c1-3-31-23(30)15-8-10-16(11-9-15)25-20(28)13-27-19-7-5-4-6-17(19)18(12-21(27)29)22-24-14(2)26-32-22/h4-12H,3,13H2,1-2H3,(H,25,28). The van der Waals surface area contributed by atoms with Gasteiger partial charge in [0, 0.05) is 17.1 Å². The fourth-order valence-corrected chi connectivity index (χ4v) is 3.33. The van der Waals surface area contributed by atoms with Crippen LogP contribution >= 0.6 is 0 Å². The van der Waals surface area contributed by atoms with E-state index in [-0.39, 0.29) is 30.5 Å². The molecule has 0 aliphatic carbocycles. The second-order valence-corrected chi connectivity index (χ2v) is 6.99. The van der Waals surface area contributed by atoms with Gasteiger partial charge < -0.3 is 14.6 Å². The summed E-state index contributed by atoms with van der Waals surface area (Å²) in [6.45, 7) is 3.51. The number of benzene rings is 2. The average molecular weight is 432 g/mol. The van der Waals surface area contributed by atoms with Crippen molar-refractivity contribution in [3.63, 3.8) is 0 Å². The molecule has 0 fully saturated rings. The highest BCUT2D eigenvalue weighted by Gasteiger charge is 2.16. The number of rotatable bonds is 6. The molecule has 162 valence electrons. The van der Waals surface area contributed by atoms with E-state index in [9.17, 15) is 14.4 Å². The lowest BCUT2D eigenvalue weighted by Gasteiger charge is -2.12. The third-order valence-electron chi connectivity index (χ3n) is 4.76. The Bertz CT molecular complexity index is 1360. The van der Waals surface area contributed by atoms with E-state index in [1.165, 1.54) is 10.6 Å². The summed E-state index contributed by atoms with van der Waals surface area (Å²) in [6, 6.07) is 14.9. The largest absolute Gasteiger partial charge is 0.462 e. The van der Waals surface area contributed by atoms with E-state index in [2.05, 4.69) is 15.5 Å². The fraction of sp³-hybridized carbons (Fsp3) is 0.174. The molecule has 0 radical (unpaired) electrons. The molecule has 4 rings (SSSR count). The van der Waals surface area contributed by atoms with Crippen LogP contribution in [0.15, 0.2) is 63.9 Å². The highest BCUT2D eigenvalue weighted by Crippen LogP contribution is 2.26. The molecule has 9 heteroatoms. The van der Waals surface area contributed by atoms with E-state index in [1.807, 2.05) is 12.1 Å². The smallest absolute Gasteiger partial charge is 0.338 e. The van der Waals surface area contributed by atoms with Crippen LogP contribution in [0.1, 0.15) is 23.1 Å². The van der Waals surface area contributed by atoms with Crippen molar-refractivity contribution in [2.45, 2.75) is 20.4 Å². The Hall–Kier alpha value is -4.27. The number of hydrogen-bond acceptors (Lipinski definition) is 7. The fourth-order valence-electron chi connectivity index (χ4n) is 3.33. The first kappa shape index (κ1) is 21.0. The van der Waals surface area contributed by atoms with Crippen molar-refractivity contribution >= 4 is 28.5 Å². The van der Waals surface area contributed by atoms with E-state index >= 15 is 0 Å². The van der Waals surface area contributed by atoms with Gasteiger partial charge in [0.1, 0.15) is 6.54 Å². The van der Waals surface area contributed by atoms with E-state index in [4.69, 9.17) is 9.26 Å².